The number of nitro benzene ring substituents is 1. The standard InChI is InChI=1S/C19H19ClN2O3/c20-16-7-5-15(6-8-16)18(14-3-4-14)19(23)21-12-11-13-1-9-17(10-2-13)22(24)25/h1-2,5-10,14,18H,3-4,11-12H2,(H,21,23). The van der Waals surface area contributed by atoms with Gasteiger partial charge in [0.15, 0.2) is 0 Å². The third kappa shape index (κ3) is 4.57. The molecular formula is C19H19ClN2O3. The van der Waals surface area contributed by atoms with E-state index in [0.717, 1.165) is 24.0 Å². The summed E-state index contributed by atoms with van der Waals surface area (Å²) in [6.07, 6.45) is 2.79. The van der Waals surface area contributed by atoms with Crippen LogP contribution in [0.3, 0.4) is 0 Å². The molecular weight excluding hydrogens is 340 g/mol. The van der Waals surface area contributed by atoms with Crippen LogP contribution in [-0.4, -0.2) is 17.4 Å². The van der Waals surface area contributed by atoms with Crippen LogP contribution >= 0.6 is 11.6 Å². The van der Waals surface area contributed by atoms with Crippen molar-refractivity contribution in [2.75, 3.05) is 6.54 Å². The molecule has 3 rings (SSSR count). The lowest BCUT2D eigenvalue weighted by molar-refractivity contribution is -0.384. The smallest absolute Gasteiger partial charge is 0.269 e. The maximum atomic E-state index is 12.6. The number of hydrogen-bond donors (Lipinski definition) is 1. The third-order valence-corrected chi connectivity index (χ3v) is 4.72. The van der Waals surface area contributed by atoms with Crippen molar-refractivity contribution < 1.29 is 9.72 Å². The number of rotatable bonds is 7. The molecule has 1 aliphatic rings. The summed E-state index contributed by atoms with van der Waals surface area (Å²) in [5.41, 5.74) is 2.03. The number of amides is 1. The van der Waals surface area contributed by atoms with Gasteiger partial charge in [-0.05, 0) is 48.4 Å². The van der Waals surface area contributed by atoms with Crippen molar-refractivity contribution in [1.29, 1.82) is 0 Å². The zero-order valence-corrected chi connectivity index (χ0v) is 14.4. The fourth-order valence-corrected chi connectivity index (χ4v) is 3.09. The van der Waals surface area contributed by atoms with Crippen LogP contribution < -0.4 is 5.32 Å². The predicted octanol–water partition coefficient (Wildman–Crippen LogP) is 4.10. The molecule has 0 aliphatic heterocycles. The minimum atomic E-state index is -0.419. The van der Waals surface area contributed by atoms with E-state index in [9.17, 15) is 14.9 Å². The lowest BCUT2D eigenvalue weighted by Gasteiger charge is -2.17. The Morgan fingerprint density at radius 2 is 1.80 bits per heavy atom. The van der Waals surface area contributed by atoms with Crippen molar-refractivity contribution in [3.8, 4) is 0 Å². The summed E-state index contributed by atoms with van der Waals surface area (Å²) in [4.78, 5) is 22.8. The maximum Gasteiger partial charge on any atom is 0.269 e. The first-order valence-electron chi connectivity index (χ1n) is 8.31. The predicted molar refractivity (Wildman–Crippen MR) is 96.7 cm³/mol. The van der Waals surface area contributed by atoms with Gasteiger partial charge in [0.25, 0.3) is 5.69 Å². The van der Waals surface area contributed by atoms with Gasteiger partial charge in [0.2, 0.25) is 5.91 Å². The molecule has 0 spiro atoms. The van der Waals surface area contributed by atoms with Crippen LogP contribution in [0.2, 0.25) is 5.02 Å². The number of carbonyl (C=O) groups is 1. The molecule has 1 unspecified atom stereocenters. The average Bonchev–Trinajstić information content (AvgIpc) is 3.42. The third-order valence-electron chi connectivity index (χ3n) is 4.47. The normalized spacial score (nSPS) is 14.8. The van der Waals surface area contributed by atoms with Crippen LogP contribution in [0.5, 0.6) is 0 Å². The summed E-state index contributed by atoms with van der Waals surface area (Å²) in [6, 6.07) is 13.9. The highest BCUT2D eigenvalue weighted by Gasteiger charge is 2.37. The second-order valence-electron chi connectivity index (χ2n) is 6.33. The Labute approximate surface area is 151 Å². The number of carbonyl (C=O) groups excluding carboxylic acids is 1. The van der Waals surface area contributed by atoms with Gasteiger partial charge < -0.3 is 5.32 Å². The van der Waals surface area contributed by atoms with Crippen LogP contribution in [-0.2, 0) is 11.2 Å². The van der Waals surface area contributed by atoms with Crippen molar-refractivity contribution in [2.24, 2.45) is 5.92 Å². The van der Waals surface area contributed by atoms with Gasteiger partial charge in [-0.3, -0.25) is 14.9 Å². The van der Waals surface area contributed by atoms with Crippen molar-refractivity contribution in [3.63, 3.8) is 0 Å². The molecule has 1 atom stereocenters. The molecule has 5 nitrogen and oxygen atoms in total. The topological polar surface area (TPSA) is 72.2 Å². The summed E-state index contributed by atoms with van der Waals surface area (Å²) < 4.78 is 0. The van der Waals surface area contributed by atoms with E-state index < -0.39 is 4.92 Å². The van der Waals surface area contributed by atoms with Gasteiger partial charge in [0.05, 0.1) is 10.8 Å². The number of nitro groups is 1. The van der Waals surface area contributed by atoms with Gasteiger partial charge in [0, 0.05) is 23.7 Å². The second-order valence-corrected chi connectivity index (χ2v) is 6.77. The Morgan fingerprint density at radius 3 is 2.36 bits per heavy atom. The Bertz CT molecular complexity index is 755. The molecule has 130 valence electrons. The Balaban J connectivity index is 1.57. The summed E-state index contributed by atoms with van der Waals surface area (Å²) in [7, 11) is 0. The zero-order chi connectivity index (χ0) is 17.8. The van der Waals surface area contributed by atoms with E-state index in [1.54, 1.807) is 12.1 Å². The summed E-state index contributed by atoms with van der Waals surface area (Å²) in [5, 5.41) is 14.3. The SMILES string of the molecule is O=C(NCCc1ccc([N+](=O)[O-])cc1)C(c1ccc(Cl)cc1)C1CC1. The highest BCUT2D eigenvalue weighted by molar-refractivity contribution is 6.30. The van der Waals surface area contributed by atoms with Gasteiger partial charge in [-0.1, -0.05) is 35.9 Å². The van der Waals surface area contributed by atoms with Gasteiger partial charge in [0.1, 0.15) is 0 Å². The molecule has 0 radical (unpaired) electrons. The lowest BCUT2D eigenvalue weighted by atomic mass is 9.93. The molecule has 1 fully saturated rings. The highest BCUT2D eigenvalue weighted by atomic mass is 35.5. The van der Waals surface area contributed by atoms with Crippen LogP contribution in [0.15, 0.2) is 48.5 Å². The van der Waals surface area contributed by atoms with Crippen LogP contribution in [0.4, 0.5) is 5.69 Å². The van der Waals surface area contributed by atoms with Crippen molar-refractivity contribution >= 4 is 23.2 Å². The van der Waals surface area contributed by atoms with Crippen molar-refractivity contribution in [2.45, 2.75) is 25.2 Å². The molecule has 1 N–H and O–H groups in total. The zero-order valence-electron chi connectivity index (χ0n) is 13.7. The molecule has 1 aliphatic carbocycles. The maximum absolute atomic E-state index is 12.6. The highest BCUT2D eigenvalue weighted by Crippen LogP contribution is 2.42. The van der Waals surface area contributed by atoms with Crippen LogP contribution in [0.25, 0.3) is 0 Å². The number of non-ortho nitro benzene ring substituents is 1. The van der Waals surface area contributed by atoms with Crippen molar-refractivity contribution in [3.05, 3.63) is 74.8 Å². The number of benzene rings is 2. The molecule has 2 aromatic carbocycles. The van der Waals surface area contributed by atoms with Crippen molar-refractivity contribution in [1.82, 2.24) is 5.32 Å². The summed E-state index contributed by atoms with van der Waals surface area (Å²) in [6.45, 7) is 0.507. The van der Waals surface area contributed by atoms with E-state index in [0.29, 0.717) is 23.9 Å². The molecule has 2 aromatic rings. The Morgan fingerprint density at radius 1 is 1.16 bits per heavy atom. The molecule has 0 saturated heterocycles. The first-order chi connectivity index (χ1) is 12.0. The Hall–Kier alpha value is -2.40. The fourth-order valence-electron chi connectivity index (χ4n) is 2.96. The largest absolute Gasteiger partial charge is 0.355 e. The van der Waals surface area contributed by atoms with E-state index >= 15 is 0 Å². The van der Waals surface area contributed by atoms with E-state index in [4.69, 9.17) is 11.6 Å². The van der Waals surface area contributed by atoms with Gasteiger partial charge >= 0.3 is 0 Å². The molecule has 1 amide bonds. The van der Waals surface area contributed by atoms with E-state index in [-0.39, 0.29) is 17.5 Å². The summed E-state index contributed by atoms with van der Waals surface area (Å²) in [5.74, 6) is 0.307. The number of nitrogens with one attached hydrogen (secondary N) is 1. The monoisotopic (exact) mass is 358 g/mol. The fraction of sp³-hybridized carbons (Fsp3) is 0.316. The molecule has 1 saturated carbocycles. The lowest BCUT2D eigenvalue weighted by Crippen LogP contribution is -2.32. The minimum absolute atomic E-state index is 0.0340. The molecule has 0 bridgehead atoms. The quantitative estimate of drug-likeness (QED) is 0.598. The van der Waals surface area contributed by atoms with E-state index in [2.05, 4.69) is 5.32 Å². The number of hydrogen-bond acceptors (Lipinski definition) is 3. The first-order valence-corrected chi connectivity index (χ1v) is 8.69. The first kappa shape index (κ1) is 17.4. The average molecular weight is 359 g/mol. The van der Waals surface area contributed by atoms with E-state index in [1.807, 2.05) is 24.3 Å². The Kier molecular flexibility index (Phi) is 5.34. The molecule has 25 heavy (non-hydrogen) atoms. The number of halogens is 1. The minimum Gasteiger partial charge on any atom is -0.355 e. The van der Waals surface area contributed by atoms with Gasteiger partial charge in [-0.25, -0.2) is 0 Å². The second kappa shape index (κ2) is 7.66. The summed E-state index contributed by atoms with van der Waals surface area (Å²) >= 11 is 5.93. The molecule has 0 aromatic heterocycles. The van der Waals surface area contributed by atoms with Crippen LogP contribution in [0.1, 0.15) is 29.9 Å². The van der Waals surface area contributed by atoms with Gasteiger partial charge in [-0.2, -0.15) is 0 Å². The number of nitrogens with zero attached hydrogens (tertiary/aromatic N) is 1. The van der Waals surface area contributed by atoms with Crippen LogP contribution in [0, 0.1) is 16.0 Å². The molecule has 6 heteroatoms. The molecule has 0 heterocycles. The van der Waals surface area contributed by atoms with Gasteiger partial charge in [-0.15, -0.1) is 0 Å². The van der Waals surface area contributed by atoms with E-state index in [1.165, 1.54) is 12.1 Å².